The minimum Gasteiger partial charge on any atom is -0.425 e. The van der Waals surface area contributed by atoms with E-state index in [2.05, 4.69) is 25.7 Å². The average Bonchev–Trinajstić information content (AvgIpc) is 1.54. The summed E-state index contributed by atoms with van der Waals surface area (Å²) in [5.74, 6) is 0.936. The molecule has 8 amide bonds. The Morgan fingerprint density at radius 3 is 1.14 bits per heavy atom. The molecule has 12 aromatic rings. The lowest BCUT2D eigenvalue weighted by molar-refractivity contribution is -0.130. The predicted molar refractivity (Wildman–Crippen MR) is 541 cm³/mol. The molecule has 718 valence electrons. The summed E-state index contributed by atoms with van der Waals surface area (Å²) in [6.45, 7) is 14.0. The van der Waals surface area contributed by atoms with E-state index in [1.807, 2.05) is 188 Å². The molecule has 0 N–H and O–H groups in total. The van der Waals surface area contributed by atoms with E-state index in [1.165, 1.54) is 31.7 Å². The molecule has 33 heteroatoms. The van der Waals surface area contributed by atoms with Crippen LogP contribution in [0.5, 0.6) is 11.8 Å². The molecule has 138 heavy (non-hydrogen) atoms. The number of carbonyl (C=O) groups excluding carboxylic acids is 8. The molecule has 4 aromatic heterocycles. The molecule has 8 aliphatic heterocycles. The molecule has 12 heterocycles. The van der Waals surface area contributed by atoms with Crippen LogP contribution in [0.1, 0.15) is 202 Å². The minimum absolute atomic E-state index is 0. The van der Waals surface area contributed by atoms with Gasteiger partial charge in [-0.3, -0.25) is 67.2 Å². The molecule has 4 atom stereocenters. The number of imide groups is 4. The summed E-state index contributed by atoms with van der Waals surface area (Å²) in [5, 5.41) is 9.18. The number of carbonyl (C=O) groups is 8. The zero-order chi connectivity index (χ0) is 96.0. The maximum Gasteiger partial charge on any atom is 0.304 e. The molecule has 0 spiro atoms. The Labute approximate surface area is 837 Å². The Morgan fingerprint density at radius 1 is 0.362 bits per heavy atom. The van der Waals surface area contributed by atoms with Crippen LogP contribution in [0.15, 0.2) is 194 Å². The van der Waals surface area contributed by atoms with Gasteiger partial charge < -0.3 is 33.5 Å². The smallest absolute Gasteiger partial charge is 0.304 e. The van der Waals surface area contributed by atoms with Crippen LogP contribution in [0.4, 0.5) is 27.5 Å². The van der Waals surface area contributed by atoms with E-state index in [0.717, 1.165) is 135 Å². The monoisotopic (exact) mass is 2000 g/mol. The number of hydrogen-bond acceptors (Lipinski definition) is 17. The number of ether oxygens (including phenoxy) is 1. The summed E-state index contributed by atoms with van der Waals surface area (Å²) in [6.07, 6.45) is 12.9. The van der Waals surface area contributed by atoms with Crippen molar-refractivity contribution < 1.29 is 47.5 Å². The Morgan fingerprint density at radius 2 is 0.725 bits per heavy atom. The molecule has 0 radical (unpaired) electrons. The summed E-state index contributed by atoms with van der Waals surface area (Å²) >= 11 is 43.8. The zero-order valence-electron chi connectivity index (χ0n) is 76.4. The second-order valence-corrected chi connectivity index (χ2v) is 38.3. The van der Waals surface area contributed by atoms with Gasteiger partial charge in [-0.2, -0.15) is 10.1 Å². The molecular formula is C105H108Cl7FN16O9. The number of fused-ring (bicyclic) bond motifs is 12. The number of unbranched alkanes of at least 4 members (excludes halogenated alkanes) is 4. The van der Waals surface area contributed by atoms with Gasteiger partial charge in [0.1, 0.15) is 53.1 Å². The Balaban J connectivity index is 0.000000133. The van der Waals surface area contributed by atoms with Crippen LogP contribution >= 0.6 is 81.2 Å². The third kappa shape index (κ3) is 20.6. The van der Waals surface area contributed by atoms with Crippen LogP contribution in [-0.4, -0.2) is 182 Å². The lowest BCUT2D eigenvalue weighted by Crippen LogP contribution is -2.46. The van der Waals surface area contributed by atoms with Gasteiger partial charge in [-0.05, 0) is 190 Å². The van der Waals surface area contributed by atoms with Gasteiger partial charge in [0.15, 0.2) is 40.2 Å². The number of rotatable bonds is 25. The maximum absolute atomic E-state index is 13.9. The van der Waals surface area contributed by atoms with Crippen LogP contribution in [-0.2, 0) is 45.4 Å². The number of benzene rings is 8. The number of halogens is 8. The largest absolute Gasteiger partial charge is 0.425 e. The van der Waals surface area contributed by atoms with Crippen LogP contribution in [0.25, 0.3) is 34.0 Å². The molecule has 8 aliphatic rings. The fourth-order valence-electron chi connectivity index (χ4n) is 19.2. The molecule has 8 aromatic carbocycles. The molecular weight excluding hydrogens is 1900 g/mol. The fraction of sp³-hybridized carbons (Fsp3) is 0.352. The second-order valence-electron chi connectivity index (χ2n) is 35.3. The van der Waals surface area contributed by atoms with Crippen molar-refractivity contribution in [2.75, 3.05) is 72.0 Å². The van der Waals surface area contributed by atoms with Gasteiger partial charge in [0, 0.05) is 113 Å². The molecule has 4 saturated heterocycles. The van der Waals surface area contributed by atoms with Gasteiger partial charge in [0.05, 0.1) is 28.8 Å². The number of nitrogens with zero attached hydrogens (tertiary/aromatic N) is 16. The molecule has 0 saturated carbocycles. The lowest BCUT2D eigenvalue weighted by Gasteiger charge is -2.26. The van der Waals surface area contributed by atoms with Gasteiger partial charge in [0.2, 0.25) is 0 Å². The Bertz CT molecular complexity index is 6510. The molecule has 0 bridgehead atoms. The van der Waals surface area contributed by atoms with Crippen molar-refractivity contribution in [3.05, 3.63) is 280 Å². The van der Waals surface area contributed by atoms with Crippen LogP contribution in [0.2, 0.25) is 35.2 Å². The molecule has 4 unspecified atom stereocenters. The normalized spacial score (nSPS) is 17.5. The van der Waals surface area contributed by atoms with Gasteiger partial charge in [-0.1, -0.05) is 239 Å². The van der Waals surface area contributed by atoms with Crippen molar-refractivity contribution in [2.24, 2.45) is 0 Å². The quantitative estimate of drug-likeness (QED) is 0.0483. The summed E-state index contributed by atoms with van der Waals surface area (Å²) in [4.78, 5) is 138. The first kappa shape index (κ1) is 99.1. The maximum atomic E-state index is 13.9. The highest BCUT2D eigenvalue weighted by Gasteiger charge is 2.51. The fourth-order valence-corrected chi connectivity index (χ4v) is 20.4. The first-order valence-corrected chi connectivity index (χ1v) is 49.7. The molecule has 20 rings (SSSR count). The van der Waals surface area contributed by atoms with Gasteiger partial charge in [0.25, 0.3) is 47.3 Å². The number of imidazole rings is 3. The van der Waals surface area contributed by atoms with E-state index in [-0.39, 0.29) is 91.1 Å². The Hall–Kier alpha value is -11.9. The first-order valence-electron chi connectivity index (χ1n) is 47.0. The third-order valence-corrected chi connectivity index (χ3v) is 28.0. The Kier molecular flexibility index (Phi) is 31.7. The van der Waals surface area contributed by atoms with Gasteiger partial charge in [-0.15, -0.1) is 0 Å². The van der Waals surface area contributed by atoms with Gasteiger partial charge in [-0.25, -0.2) is 14.4 Å². The second kappa shape index (κ2) is 44.1. The molecule has 4 fully saturated rings. The van der Waals surface area contributed by atoms with E-state index in [0.29, 0.717) is 177 Å². The minimum atomic E-state index is -0.438. The summed E-state index contributed by atoms with van der Waals surface area (Å²) in [7, 11) is 0. The van der Waals surface area contributed by atoms with Crippen molar-refractivity contribution in [1.82, 2.24) is 58.0 Å². The van der Waals surface area contributed by atoms with Gasteiger partial charge >= 0.3 is 6.01 Å². The van der Waals surface area contributed by atoms with Crippen LogP contribution < -0.4 is 24.3 Å². The highest BCUT2D eigenvalue weighted by Crippen LogP contribution is 2.47. The number of amides is 8. The third-order valence-electron chi connectivity index (χ3n) is 26.1. The first-order chi connectivity index (χ1) is 66.4. The van der Waals surface area contributed by atoms with E-state index in [1.54, 1.807) is 33.5 Å². The van der Waals surface area contributed by atoms with Crippen LogP contribution in [0.3, 0.4) is 0 Å². The van der Waals surface area contributed by atoms with E-state index < -0.39 is 11.9 Å². The van der Waals surface area contributed by atoms with Crippen molar-refractivity contribution in [3.8, 4) is 45.8 Å². The van der Waals surface area contributed by atoms with E-state index in [4.69, 9.17) is 106 Å². The summed E-state index contributed by atoms with van der Waals surface area (Å²) in [5.41, 5.74) is 9.11. The van der Waals surface area contributed by atoms with E-state index in [9.17, 15) is 42.7 Å². The summed E-state index contributed by atoms with van der Waals surface area (Å²) < 4.78 is 27.1. The van der Waals surface area contributed by atoms with Crippen molar-refractivity contribution in [1.29, 1.82) is 0 Å². The summed E-state index contributed by atoms with van der Waals surface area (Å²) in [6, 6.07) is 56.8. The number of aromatic nitrogens is 8. The number of anilines is 4. The van der Waals surface area contributed by atoms with E-state index >= 15 is 0 Å². The van der Waals surface area contributed by atoms with Crippen molar-refractivity contribution in [3.63, 3.8) is 0 Å². The molecule has 25 nitrogen and oxygen atoms in total. The average molecular weight is 2010 g/mol. The highest BCUT2D eigenvalue weighted by molar-refractivity contribution is 6.34. The lowest BCUT2D eigenvalue weighted by atomic mass is 10.1. The van der Waals surface area contributed by atoms with Crippen molar-refractivity contribution >= 4 is 152 Å². The van der Waals surface area contributed by atoms with Crippen molar-refractivity contribution in [2.45, 2.75) is 188 Å². The predicted octanol–water partition coefficient (Wildman–Crippen LogP) is 22.9. The molecule has 0 aliphatic carbocycles. The van der Waals surface area contributed by atoms with Crippen LogP contribution in [0, 0.1) is 5.82 Å². The zero-order valence-corrected chi connectivity index (χ0v) is 81.7. The SMILES string of the molecule is C.CCCCN1C(=O)c2c(c(-c3ccccc3Cl)nn2Cc2ccc(Cl)cc2)N2CCCC2C1=O.CCCCN1C(=O)c2c(nc(-c3cccc(Cl)c3)n2Cc2ccc(Cl)cc2)N2CCCC2C1=O.CCCCN1C(=O)c2c(nc(-c3ccccc3Cl)n2Cc2ccc(Cl)cc2)N2CCCC2C1=O.CCCCN1C(=O)c2c(nc(Oc3cccc(F)c3)n2Cc2ccc(Cl)cc2)N2CCCC2C1=O. The standard InChI is InChI=1S/3C26H26Cl2N4O2.C26H26ClFN4O3.CH4/c1-2-3-13-31-25(33)21-8-5-14-30(21)24-22(26(31)34)32(16-17-9-11-19(27)12-10-17)23(29-24)18-6-4-7-20(28)15-18;1-2-3-14-31-25(33)21-9-6-15-30(21)24-22(26(31)34)32(16-17-10-12-18(27)13-11-17)23(29-24)19-7-4-5-8-20(19)28;1-2-3-14-31-25(33)21-9-6-15-30(21)23-22(19-7-4-5-8-20(19)28)29-32(24(23)26(31)34)16-17-10-12-18(27)13-11-17;1-2-3-13-31-24(33)21-8-5-14-30(21)23-22(25(31)34)32(16-17-9-11-18(27)12-10-17)26(29-23)35-20-7-4-6-19(28)15-20;/h4,6-7,9-12,15,21H,2-3,5,8,13-14,16H2,1H3;2*4-5,7-8,10-13,21H,2-3,6,9,14-16H2,1H3;4,6-7,9-12,15,21H,2-3,5,8,13-14,16H2,1H3;1H4. The number of hydrogen-bond donors (Lipinski definition) is 0. The topological polar surface area (TPSA) is 243 Å². The highest BCUT2D eigenvalue weighted by atomic mass is 35.5.